The molecule has 0 bridgehead atoms. The number of thiocarbonyl (C=S) groups is 1. The summed E-state index contributed by atoms with van der Waals surface area (Å²) in [4.78, 5) is 5.80. The topological polar surface area (TPSA) is 51.4 Å². The quantitative estimate of drug-likeness (QED) is 0.480. The molecule has 0 atom stereocenters. The van der Waals surface area contributed by atoms with Gasteiger partial charge in [0.15, 0.2) is 5.11 Å². The highest BCUT2D eigenvalue weighted by Crippen LogP contribution is 2.09. The van der Waals surface area contributed by atoms with Crippen LogP contribution in [0.4, 0.5) is 5.69 Å². The zero-order valence-corrected chi connectivity index (χ0v) is 9.95. The maximum absolute atomic E-state index is 8.73. The maximum atomic E-state index is 8.73. The van der Waals surface area contributed by atoms with E-state index in [0.29, 0.717) is 10.7 Å². The van der Waals surface area contributed by atoms with Gasteiger partial charge in [-0.3, -0.25) is 0 Å². The first-order valence-corrected chi connectivity index (χ1v) is 5.04. The van der Waals surface area contributed by atoms with Gasteiger partial charge in [0.1, 0.15) is 0 Å². The van der Waals surface area contributed by atoms with Gasteiger partial charge in [0.2, 0.25) is 0 Å². The lowest BCUT2D eigenvalue weighted by molar-refractivity contribution is 0.644. The summed E-state index contributed by atoms with van der Waals surface area (Å²) in [5.74, 6) is 0. The fourth-order valence-electron chi connectivity index (χ4n) is 0.990. The van der Waals surface area contributed by atoms with E-state index in [2.05, 4.69) is 16.4 Å². The van der Waals surface area contributed by atoms with E-state index < -0.39 is 0 Å². The molecule has 0 aliphatic heterocycles. The Balaban J connectivity index is 2.67. The molecular formula is C11H12N4S. The van der Waals surface area contributed by atoms with Crippen LogP contribution in [0.15, 0.2) is 29.3 Å². The van der Waals surface area contributed by atoms with Gasteiger partial charge in [0.25, 0.3) is 0 Å². The first kappa shape index (κ1) is 12.1. The molecule has 82 valence electrons. The van der Waals surface area contributed by atoms with Crippen LogP contribution in [-0.2, 0) is 0 Å². The average Bonchev–Trinajstić information content (AvgIpc) is 2.26. The number of nitriles is 1. The van der Waals surface area contributed by atoms with Gasteiger partial charge >= 0.3 is 0 Å². The number of nitrogens with zero attached hydrogens (tertiary/aromatic N) is 3. The van der Waals surface area contributed by atoms with Gasteiger partial charge in [-0.05, 0) is 30.4 Å². The Morgan fingerprint density at radius 2 is 2.31 bits per heavy atom. The van der Waals surface area contributed by atoms with E-state index in [1.54, 1.807) is 29.4 Å². The lowest BCUT2D eigenvalue weighted by Gasteiger charge is -2.05. The van der Waals surface area contributed by atoms with Gasteiger partial charge < -0.3 is 10.2 Å². The highest BCUT2D eigenvalue weighted by atomic mass is 32.1. The molecule has 5 heteroatoms. The molecule has 0 aliphatic rings. The van der Waals surface area contributed by atoms with Crippen LogP contribution in [0.25, 0.3) is 0 Å². The van der Waals surface area contributed by atoms with Crippen molar-refractivity contribution in [3.05, 3.63) is 29.8 Å². The fraction of sp³-hybridized carbons (Fsp3) is 0.182. The molecule has 0 heterocycles. The molecule has 0 fully saturated rings. The van der Waals surface area contributed by atoms with Crippen LogP contribution in [0, 0.1) is 11.3 Å². The summed E-state index contributed by atoms with van der Waals surface area (Å²) in [6.45, 7) is 0. The van der Waals surface area contributed by atoms with Crippen LogP contribution in [-0.4, -0.2) is 30.4 Å². The molecule has 1 rings (SSSR count). The third-order valence-electron chi connectivity index (χ3n) is 1.65. The standard InChI is InChI=1S/C11H12N4S/c1-15(2)8-13-11(16)14-10-5-3-4-9(6-10)7-12/h3-6,8H,1-2H3,(H,14,16)/b13-8+. The van der Waals surface area contributed by atoms with Crippen molar-refractivity contribution in [2.45, 2.75) is 0 Å². The summed E-state index contributed by atoms with van der Waals surface area (Å²) >= 11 is 5.02. The van der Waals surface area contributed by atoms with Crippen molar-refractivity contribution in [1.82, 2.24) is 4.90 Å². The summed E-state index contributed by atoms with van der Waals surface area (Å²) in [7, 11) is 3.73. The Morgan fingerprint density at radius 1 is 1.56 bits per heavy atom. The molecule has 1 aromatic rings. The molecular weight excluding hydrogens is 220 g/mol. The predicted molar refractivity (Wildman–Crippen MR) is 69.6 cm³/mol. The smallest absolute Gasteiger partial charge is 0.198 e. The number of anilines is 1. The molecule has 0 spiro atoms. The lowest BCUT2D eigenvalue weighted by atomic mass is 10.2. The fourth-order valence-corrected chi connectivity index (χ4v) is 1.16. The maximum Gasteiger partial charge on any atom is 0.198 e. The Bertz CT molecular complexity index is 446. The minimum atomic E-state index is 0.365. The van der Waals surface area contributed by atoms with Gasteiger partial charge in [-0.25, -0.2) is 4.99 Å². The molecule has 4 nitrogen and oxygen atoms in total. The van der Waals surface area contributed by atoms with Crippen molar-refractivity contribution in [2.75, 3.05) is 19.4 Å². The van der Waals surface area contributed by atoms with Gasteiger partial charge in [-0.1, -0.05) is 6.07 Å². The van der Waals surface area contributed by atoms with Crippen LogP contribution >= 0.6 is 12.2 Å². The second kappa shape index (κ2) is 5.83. The predicted octanol–water partition coefficient (Wildman–Crippen LogP) is 1.84. The van der Waals surface area contributed by atoms with Crippen molar-refractivity contribution in [3.8, 4) is 6.07 Å². The average molecular weight is 232 g/mol. The minimum Gasteiger partial charge on any atom is -0.369 e. The number of nitrogens with one attached hydrogen (secondary N) is 1. The monoisotopic (exact) mass is 232 g/mol. The van der Waals surface area contributed by atoms with Gasteiger partial charge in [0, 0.05) is 19.8 Å². The van der Waals surface area contributed by atoms with E-state index in [0.717, 1.165) is 5.69 Å². The second-order valence-electron chi connectivity index (χ2n) is 3.33. The van der Waals surface area contributed by atoms with E-state index in [-0.39, 0.29) is 0 Å². The first-order chi connectivity index (χ1) is 7.61. The van der Waals surface area contributed by atoms with Gasteiger partial charge in [-0.2, -0.15) is 5.26 Å². The van der Waals surface area contributed by atoms with Crippen molar-refractivity contribution in [3.63, 3.8) is 0 Å². The van der Waals surface area contributed by atoms with Crippen LogP contribution in [0.5, 0.6) is 0 Å². The molecule has 0 saturated heterocycles. The largest absolute Gasteiger partial charge is 0.369 e. The summed E-state index contributed by atoms with van der Waals surface area (Å²) < 4.78 is 0. The summed E-state index contributed by atoms with van der Waals surface area (Å²) in [5.41, 5.74) is 1.35. The zero-order chi connectivity index (χ0) is 12.0. The van der Waals surface area contributed by atoms with Crippen LogP contribution in [0.1, 0.15) is 5.56 Å². The number of benzene rings is 1. The molecule has 0 saturated carbocycles. The molecule has 0 aromatic heterocycles. The van der Waals surface area contributed by atoms with E-state index in [1.807, 2.05) is 20.2 Å². The van der Waals surface area contributed by atoms with Crippen LogP contribution in [0.3, 0.4) is 0 Å². The van der Waals surface area contributed by atoms with Crippen molar-refractivity contribution in [2.24, 2.45) is 4.99 Å². The lowest BCUT2D eigenvalue weighted by Crippen LogP contribution is -2.12. The summed E-state index contributed by atoms with van der Waals surface area (Å²) in [5, 5.41) is 12.0. The zero-order valence-electron chi connectivity index (χ0n) is 9.14. The highest BCUT2D eigenvalue weighted by molar-refractivity contribution is 7.80. The number of aliphatic imine (C=N–C) groups is 1. The highest BCUT2D eigenvalue weighted by Gasteiger charge is 1.96. The van der Waals surface area contributed by atoms with E-state index >= 15 is 0 Å². The second-order valence-corrected chi connectivity index (χ2v) is 3.72. The van der Waals surface area contributed by atoms with Crippen LogP contribution < -0.4 is 5.32 Å². The molecule has 16 heavy (non-hydrogen) atoms. The Labute approximate surface area is 100 Å². The van der Waals surface area contributed by atoms with E-state index in [1.165, 1.54) is 0 Å². The summed E-state index contributed by atoms with van der Waals surface area (Å²) in [6.07, 6.45) is 1.61. The van der Waals surface area contributed by atoms with Gasteiger partial charge in [0.05, 0.1) is 18.0 Å². The molecule has 1 aromatic carbocycles. The first-order valence-electron chi connectivity index (χ1n) is 4.63. The molecule has 0 aliphatic carbocycles. The molecule has 0 radical (unpaired) electrons. The van der Waals surface area contributed by atoms with E-state index in [9.17, 15) is 0 Å². The van der Waals surface area contributed by atoms with E-state index in [4.69, 9.17) is 17.5 Å². The Morgan fingerprint density at radius 3 is 2.94 bits per heavy atom. The molecule has 1 N–H and O–H groups in total. The molecule has 0 unspecified atom stereocenters. The Hall–Kier alpha value is -1.93. The Kier molecular flexibility index (Phi) is 4.42. The number of hydrogen-bond acceptors (Lipinski definition) is 2. The third-order valence-corrected chi connectivity index (χ3v) is 1.86. The molecule has 0 amide bonds. The van der Waals surface area contributed by atoms with Gasteiger partial charge in [-0.15, -0.1) is 0 Å². The normalized spacial score (nSPS) is 9.81. The SMILES string of the molecule is CN(C)/C=N/C(=S)Nc1cccc(C#N)c1. The summed E-state index contributed by atoms with van der Waals surface area (Å²) in [6, 6.07) is 9.14. The van der Waals surface area contributed by atoms with Crippen molar-refractivity contribution >= 4 is 29.4 Å². The minimum absolute atomic E-state index is 0.365. The van der Waals surface area contributed by atoms with Crippen molar-refractivity contribution < 1.29 is 0 Å². The van der Waals surface area contributed by atoms with Crippen molar-refractivity contribution in [1.29, 1.82) is 5.26 Å². The van der Waals surface area contributed by atoms with Crippen LogP contribution in [0.2, 0.25) is 0 Å². The third kappa shape index (κ3) is 4.07. The number of hydrogen-bond donors (Lipinski definition) is 1. The number of rotatable bonds is 2.